The highest BCUT2D eigenvalue weighted by Crippen LogP contribution is 2.32. The number of rotatable bonds is 7. The van der Waals surface area contributed by atoms with Crippen LogP contribution in [-0.4, -0.2) is 17.6 Å². The summed E-state index contributed by atoms with van der Waals surface area (Å²) in [6.45, 7) is 7.81. The lowest BCUT2D eigenvalue weighted by atomic mass is 10.1. The molecular formula is C16H27N3. The quantitative estimate of drug-likeness (QED) is 0.816. The molecule has 1 fully saturated rings. The van der Waals surface area contributed by atoms with Gasteiger partial charge >= 0.3 is 0 Å². The zero-order valence-electron chi connectivity index (χ0n) is 12.5. The van der Waals surface area contributed by atoms with Crippen LogP contribution in [0.3, 0.4) is 0 Å². The van der Waals surface area contributed by atoms with Crippen molar-refractivity contribution >= 4 is 5.69 Å². The lowest BCUT2D eigenvalue weighted by molar-refractivity contribution is 0.570. The van der Waals surface area contributed by atoms with Gasteiger partial charge in [-0.2, -0.15) is 0 Å². The molecule has 1 atom stereocenters. The lowest BCUT2D eigenvalue weighted by Crippen LogP contribution is -2.28. The summed E-state index contributed by atoms with van der Waals surface area (Å²) in [7, 11) is 0. The van der Waals surface area contributed by atoms with Crippen LogP contribution in [0.1, 0.15) is 58.2 Å². The molecule has 1 aromatic rings. The van der Waals surface area contributed by atoms with Crippen LogP contribution >= 0.6 is 0 Å². The Balaban J connectivity index is 2.04. The second kappa shape index (κ2) is 6.38. The highest BCUT2D eigenvalue weighted by molar-refractivity contribution is 5.47. The molecule has 1 heterocycles. The Bertz CT molecular complexity index is 381. The van der Waals surface area contributed by atoms with Gasteiger partial charge in [0, 0.05) is 18.6 Å². The van der Waals surface area contributed by atoms with Crippen molar-refractivity contribution in [3.8, 4) is 0 Å². The largest absolute Gasteiger partial charge is 0.367 e. The maximum atomic E-state index is 6.01. The van der Waals surface area contributed by atoms with Crippen molar-refractivity contribution in [1.29, 1.82) is 0 Å². The van der Waals surface area contributed by atoms with E-state index in [1.165, 1.54) is 24.9 Å². The molecule has 3 heteroatoms. The van der Waals surface area contributed by atoms with Crippen molar-refractivity contribution in [1.82, 2.24) is 4.98 Å². The van der Waals surface area contributed by atoms with Crippen LogP contribution in [0, 0.1) is 5.92 Å². The minimum atomic E-state index is 0.0686. The molecule has 106 valence electrons. The SMILES string of the molecule is CC[C@H](N)c1ccc(N(CCC(C)C)C2CC2)cn1. The number of anilines is 1. The van der Waals surface area contributed by atoms with Gasteiger partial charge in [-0.3, -0.25) is 4.98 Å². The molecule has 0 saturated heterocycles. The van der Waals surface area contributed by atoms with Crippen molar-refractivity contribution in [3.05, 3.63) is 24.0 Å². The van der Waals surface area contributed by atoms with Gasteiger partial charge in [-0.15, -0.1) is 0 Å². The molecule has 1 aliphatic carbocycles. The fraction of sp³-hybridized carbons (Fsp3) is 0.688. The highest BCUT2D eigenvalue weighted by atomic mass is 15.2. The van der Waals surface area contributed by atoms with Crippen molar-refractivity contribution in [2.24, 2.45) is 11.7 Å². The second-order valence-corrected chi connectivity index (χ2v) is 6.06. The Morgan fingerprint density at radius 1 is 1.37 bits per heavy atom. The summed E-state index contributed by atoms with van der Waals surface area (Å²) in [5, 5.41) is 0. The summed E-state index contributed by atoms with van der Waals surface area (Å²) >= 11 is 0. The molecule has 0 bridgehead atoms. The molecule has 0 aromatic carbocycles. The number of aromatic nitrogens is 1. The van der Waals surface area contributed by atoms with Gasteiger partial charge in [0.1, 0.15) is 0 Å². The third-order valence-corrected chi connectivity index (χ3v) is 3.86. The summed E-state index contributed by atoms with van der Waals surface area (Å²) < 4.78 is 0. The molecule has 1 aromatic heterocycles. The second-order valence-electron chi connectivity index (χ2n) is 6.06. The maximum absolute atomic E-state index is 6.01. The average Bonchev–Trinajstić information content (AvgIpc) is 3.23. The van der Waals surface area contributed by atoms with E-state index in [1.807, 2.05) is 6.20 Å². The first kappa shape index (κ1) is 14.3. The van der Waals surface area contributed by atoms with Crippen molar-refractivity contribution in [2.45, 2.75) is 58.5 Å². The van der Waals surface area contributed by atoms with Crippen LogP contribution in [0.15, 0.2) is 18.3 Å². The summed E-state index contributed by atoms with van der Waals surface area (Å²) in [6.07, 6.45) is 6.84. The van der Waals surface area contributed by atoms with E-state index in [1.54, 1.807) is 0 Å². The van der Waals surface area contributed by atoms with Gasteiger partial charge < -0.3 is 10.6 Å². The van der Waals surface area contributed by atoms with Crippen molar-refractivity contribution < 1.29 is 0 Å². The Morgan fingerprint density at radius 2 is 2.11 bits per heavy atom. The van der Waals surface area contributed by atoms with Crippen LogP contribution in [0.4, 0.5) is 5.69 Å². The van der Waals surface area contributed by atoms with Gasteiger partial charge in [-0.1, -0.05) is 20.8 Å². The predicted octanol–water partition coefficient (Wildman–Crippen LogP) is 3.51. The zero-order valence-corrected chi connectivity index (χ0v) is 12.5. The lowest BCUT2D eigenvalue weighted by Gasteiger charge is -2.25. The number of hydrogen-bond acceptors (Lipinski definition) is 3. The van der Waals surface area contributed by atoms with E-state index in [-0.39, 0.29) is 6.04 Å². The van der Waals surface area contributed by atoms with Gasteiger partial charge in [0.15, 0.2) is 0 Å². The molecule has 0 radical (unpaired) electrons. The fourth-order valence-electron chi connectivity index (χ4n) is 2.30. The molecule has 0 unspecified atom stereocenters. The summed E-state index contributed by atoms with van der Waals surface area (Å²) in [5.41, 5.74) is 8.28. The molecule has 0 amide bonds. The third kappa shape index (κ3) is 3.93. The Hall–Kier alpha value is -1.09. The third-order valence-electron chi connectivity index (χ3n) is 3.86. The van der Waals surface area contributed by atoms with E-state index in [4.69, 9.17) is 5.73 Å². The summed E-state index contributed by atoms with van der Waals surface area (Å²) in [4.78, 5) is 7.06. The van der Waals surface area contributed by atoms with E-state index < -0.39 is 0 Å². The number of hydrogen-bond donors (Lipinski definition) is 1. The predicted molar refractivity (Wildman–Crippen MR) is 81.3 cm³/mol. The first-order chi connectivity index (χ1) is 9.11. The molecular weight excluding hydrogens is 234 g/mol. The Labute approximate surface area is 117 Å². The van der Waals surface area contributed by atoms with Gasteiger partial charge in [0.05, 0.1) is 17.6 Å². The maximum Gasteiger partial charge on any atom is 0.0572 e. The first-order valence-corrected chi connectivity index (χ1v) is 7.60. The molecule has 0 aliphatic heterocycles. The normalized spacial score (nSPS) is 16.7. The minimum absolute atomic E-state index is 0.0686. The number of nitrogens with two attached hydrogens (primary N) is 1. The number of nitrogens with zero attached hydrogens (tertiary/aromatic N) is 2. The van der Waals surface area contributed by atoms with Gasteiger partial charge in [-0.25, -0.2) is 0 Å². The Morgan fingerprint density at radius 3 is 2.58 bits per heavy atom. The first-order valence-electron chi connectivity index (χ1n) is 7.60. The fourth-order valence-corrected chi connectivity index (χ4v) is 2.30. The average molecular weight is 261 g/mol. The molecule has 19 heavy (non-hydrogen) atoms. The van der Waals surface area contributed by atoms with E-state index in [9.17, 15) is 0 Å². The number of pyridine rings is 1. The van der Waals surface area contributed by atoms with Crippen LogP contribution < -0.4 is 10.6 Å². The molecule has 2 N–H and O–H groups in total. The zero-order chi connectivity index (χ0) is 13.8. The molecule has 0 spiro atoms. The van der Waals surface area contributed by atoms with Gasteiger partial charge in [-0.05, 0) is 43.7 Å². The summed E-state index contributed by atoms with van der Waals surface area (Å²) in [6, 6.07) is 5.09. The van der Waals surface area contributed by atoms with Gasteiger partial charge in [0.2, 0.25) is 0 Å². The van der Waals surface area contributed by atoms with Crippen LogP contribution in [-0.2, 0) is 0 Å². The monoisotopic (exact) mass is 261 g/mol. The van der Waals surface area contributed by atoms with Crippen LogP contribution in [0.5, 0.6) is 0 Å². The molecule has 1 saturated carbocycles. The van der Waals surface area contributed by atoms with E-state index in [0.29, 0.717) is 0 Å². The highest BCUT2D eigenvalue weighted by Gasteiger charge is 2.29. The van der Waals surface area contributed by atoms with E-state index in [2.05, 4.69) is 42.8 Å². The molecule has 1 aliphatic rings. The summed E-state index contributed by atoms with van der Waals surface area (Å²) in [5.74, 6) is 0.752. The standard InChI is InChI=1S/C16H27N3/c1-4-15(17)16-8-7-14(11-18-16)19(13-5-6-13)10-9-12(2)3/h7-8,11-13,15H,4-6,9-10,17H2,1-3H3/t15-/m0/s1. The van der Waals surface area contributed by atoms with Crippen molar-refractivity contribution in [3.63, 3.8) is 0 Å². The van der Waals surface area contributed by atoms with E-state index >= 15 is 0 Å². The molecule has 3 nitrogen and oxygen atoms in total. The molecule has 2 rings (SSSR count). The smallest absolute Gasteiger partial charge is 0.0572 e. The van der Waals surface area contributed by atoms with Crippen LogP contribution in [0.25, 0.3) is 0 Å². The topological polar surface area (TPSA) is 42.1 Å². The Kier molecular flexibility index (Phi) is 4.81. The van der Waals surface area contributed by atoms with Crippen molar-refractivity contribution in [2.75, 3.05) is 11.4 Å². The minimum Gasteiger partial charge on any atom is -0.367 e. The van der Waals surface area contributed by atoms with E-state index in [0.717, 1.165) is 30.6 Å². The van der Waals surface area contributed by atoms with Crippen LogP contribution in [0.2, 0.25) is 0 Å². The van der Waals surface area contributed by atoms with Gasteiger partial charge in [0.25, 0.3) is 0 Å².